The third kappa shape index (κ3) is 2.87. The zero-order valence-corrected chi connectivity index (χ0v) is 10.1. The summed E-state index contributed by atoms with van der Waals surface area (Å²) in [5, 5.41) is 4.63. The molecule has 100 valence electrons. The maximum atomic E-state index is 12.7. The van der Waals surface area contributed by atoms with Crippen LogP contribution in [-0.4, -0.2) is 35.3 Å². The molecule has 1 unspecified atom stereocenters. The molecule has 1 aromatic rings. The van der Waals surface area contributed by atoms with Crippen LogP contribution in [0.25, 0.3) is 0 Å². The third-order valence-electron chi connectivity index (χ3n) is 2.78. The van der Waals surface area contributed by atoms with Crippen molar-refractivity contribution in [2.45, 2.75) is 13.0 Å². The molecule has 1 heterocycles. The van der Waals surface area contributed by atoms with Crippen LogP contribution in [0.1, 0.15) is 6.92 Å². The normalized spacial score (nSPS) is 19.1. The van der Waals surface area contributed by atoms with Gasteiger partial charge in [-0.3, -0.25) is 14.9 Å². The summed E-state index contributed by atoms with van der Waals surface area (Å²) in [6, 6.07) is 3.87. The van der Waals surface area contributed by atoms with Crippen molar-refractivity contribution < 1.29 is 18.8 Å². The predicted molar refractivity (Wildman–Crippen MR) is 64.7 cm³/mol. The van der Waals surface area contributed by atoms with Crippen LogP contribution in [0, 0.1) is 5.82 Å². The van der Waals surface area contributed by atoms with E-state index in [9.17, 15) is 18.8 Å². The summed E-state index contributed by atoms with van der Waals surface area (Å²) >= 11 is 0. The Kier molecular flexibility index (Phi) is 3.46. The SMILES string of the molecule is CC1C(=O)NC(=O)CN1C(=O)Nc1ccc(F)cc1. The molecule has 0 aliphatic carbocycles. The number of urea groups is 1. The number of carbonyl (C=O) groups is 3. The molecule has 1 aliphatic heterocycles. The van der Waals surface area contributed by atoms with Crippen molar-refractivity contribution in [3.63, 3.8) is 0 Å². The molecular formula is C12H12FN3O3. The number of nitrogens with zero attached hydrogens (tertiary/aromatic N) is 1. The fourth-order valence-electron chi connectivity index (χ4n) is 1.69. The quantitative estimate of drug-likeness (QED) is 0.734. The second kappa shape index (κ2) is 5.05. The number of piperazine rings is 1. The Morgan fingerprint density at radius 2 is 2.00 bits per heavy atom. The van der Waals surface area contributed by atoms with Crippen LogP contribution < -0.4 is 10.6 Å². The van der Waals surface area contributed by atoms with E-state index in [0.29, 0.717) is 5.69 Å². The second-order valence-corrected chi connectivity index (χ2v) is 4.15. The standard InChI is InChI=1S/C12H12FN3O3/c1-7-11(18)15-10(17)6-16(7)12(19)14-9-4-2-8(13)3-5-9/h2-5,7H,6H2,1H3,(H,14,19)(H,15,17,18). The lowest BCUT2D eigenvalue weighted by Crippen LogP contribution is -2.59. The number of hydrogen-bond acceptors (Lipinski definition) is 3. The first kappa shape index (κ1) is 13.0. The van der Waals surface area contributed by atoms with Crippen molar-refractivity contribution in [1.29, 1.82) is 0 Å². The lowest BCUT2D eigenvalue weighted by molar-refractivity contribution is -0.137. The van der Waals surface area contributed by atoms with E-state index in [0.717, 1.165) is 4.90 Å². The first-order valence-electron chi connectivity index (χ1n) is 5.64. The van der Waals surface area contributed by atoms with E-state index in [1.54, 1.807) is 0 Å². The highest BCUT2D eigenvalue weighted by Crippen LogP contribution is 2.12. The van der Waals surface area contributed by atoms with Crippen LogP contribution in [0.2, 0.25) is 0 Å². The van der Waals surface area contributed by atoms with Gasteiger partial charge in [0.2, 0.25) is 11.8 Å². The Morgan fingerprint density at radius 3 is 2.63 bits per heavy atom. The molecule has 0 saturated carbocycles. The molecule has 4 amide bonds. The Balaban J connectivity index is 2.08. The van der Waals surface area contributed by atoms with Gasteiger partial charge in [-0.1, -0.05) is 0 Å². The second-order valence-electron chi connectivity index (χ2n) is 4.15. The minimum absolute atomic E-state index is 0.195. The summed E-state index contributed by atoms with van der Waals surface area (Å²) in [6.07, 6.45) is 0. The number of rotatable bonds is 1. The van der Waals surface area contributed by atoms with Gasteiger partial charge in [-0.2, -0.15) is 0 Å². The van der Waals surface area contributed by atoms with E-state index in [-0.39, 0.29) is 6.54 Å². The first-order chi connectivity index (χ1) is 8.97. The smallest absolute Gasteiger partial charge is 0.308 e. The Hall–Kier alpha value is -2.44. The molecule has 0 radical (unpaired) electrons. The molecule has 1 saturated heterocycles. The van der Waals surface area contributed by atoms with E-state index < -0.39 is 29.7 Å². The van der Waals surface area contributed by atoms with Gasteiger partial charge in [0.1, 0.15) is 18.4 Å². The van der Waals surface area contributed by atoms with Crippen LogP contribution in [0.15, 0.2) is 24.3 Å². The number of imide groups is 1. The highest BCUT2D eigenvalue weighted by molar-refractivity contribution is 6.05. The monoisotopic (exact) mass is 265 g/mol. The number of halogens is 1. The van der Waals surface area contributed by atoms with Gasteiger partial charge in [0.25, 0.3) is 0 Å². The van der Waals surface area contributed by atoms with Gasteiger partial charge in [-0.25, -0.2) is 9.18 Å². The molecule has 0 bridgehead atoms. The van der Waals surface area contributed by atoms with Gasteiger partial charge in [0, 0.05) is 5.69 Å². The highest BCUT2D eigenvalue weighted by atomic mass is 19.1. The molecule has 6 nitrogen and oxygen atoms in total. The number of amides is 4. The summed E-state index contributed by atoms with van der Waals surface area (Å²) in [5.74, 6) is -1.47. The number of benzene rings is 1. The van der Waals surface area contributed by atoms with Crippen molar-refractivity contribution in [2.24, 2.45) is 0 Å². The maximum Gasteiger partial charge on any atom is 0.322 e. The highest BCUT2D eigenvalue weighted by Gasteiger charge is 2.33. The molecule has 0 aromatic heterocycles. The van der Waals surface area contributed by atoms with E-state index >= 15 is 0 Å². The zero-order chi connectivity index (χ0) is 14.0. The Bertz CT molecular complexity index is 530. The Morgan fingerprint density at radius 1 is 1.37 bits per heavy atom. The van der Waals surface area contributed by atoms with E-state index in [1.165, 1.54) is 31.2 Å². The molecule has 1 fully saturated rings. The lowest BCUT2D eigenvalue weighted by Gasteiger charge is -2.31. The van der Waals surface area contributed by atoms with Crippen LogP contribution in [-0.2, 0) is 9.59 Å². The van der Waals surface area contributed by atoms with Crippen LogP contribution in [0.4, 0.5) is 14.9 Å². The van der Waals surface area contributed by atoms with E-state index in [1.807, 2.05) is 0 Å². The van der Waals surface area contributed by atoms with Crippen molar-refractivity contribution in [3.05, 3.63) is 30.1 Å². The average molecular weight is 265 g/mol. The largest absolute Gasteiger partial charge is 0.322 e. The van der Waals surface area contributed by atoms with E-state index in [4.69, 9.17) is 0 Å². The number of anilines is 1. The molecule has 7 heteroatoms. The van der Waals surface area contributed by atoms with Crippen LogP contribution in [0.3, 0.4) is 0 Å². The Labute approximate surface area is 108 Å². The van der Waals surface area contributed by atoms with Crippen LogP contribution >= 0.6 is 0 Å². The molecule has 1 aromatic carbocycles. The van der Waals surface area contributed by atoms with Gasteiger partial charge in [0.05, 0.1) is 0 Å². The molecule has 1 aliphatic rings. The van der Waals surface area contributed by atoms with Crippen molar-refractivity contribution >= 4 is 23.5 Å². The number of carbonyl (C=O) groups excluding carboxylic acids is 3. The zero-order valence-electron chi connectivity index (χ0n) is 10.1. The van der Waals surface area contributed by atoms with Crippen molar-refractivity contribution in [2.75, 3.05) is 11.9 Å². The molecule has 1 atom stereocenters. The first-order valence-corrected chi connectivity index (χ1v) is 5.64. The summed E-state index contributed by atoms with van der Waals surface area (Å²) < 4.78 is 12.7. The van der Waals surface area contributed by atoms with Gasteiger partial charge in [-0.05, 0) is 31.2 Å². The third-order valence-corrected chi connectivity index (χ3v) is 2.78. The lowest BCUT2D eigenvalue weighted by atomic mass is 10.2. The van der Waals surface area contributed by atoms with Gasteiger partial charge in [0.15, 0.2) is 0 Å². The minimum Gasteiger partial charge on any atom is -0.308 e. The summed E-state index contributed by atoms with van der Waals surface area (Å²) in [4.78, 5) is 35.7. The molecule has 0 spiro atoms. The van der Waals surface area contributed by atoms with Crippen LogP contribution in [0.5, 0.6) is 0 Å². The van der Waals surface area contributed by atoms with Gasteiger partial charge in [-0.15, -0.1) is 0 Å². The molecule has 2 N–H and O–H groups in total. The summed E-state index contributed by atoms with van der Waals surface area (Å²) in [7, 11) is 0. The number of nitrogens with one attached hydrogen (secondary N) is 2. The van der Waals surface area contributed by atoms with Gasteiger partial charge < -0.3 is 10.2 Å². The topological polar surface area (TPSA) is 78.5 Å². The summed E-state index contributed by atoms with van der Waals surface area (Å²) in [5.41, 5.74) is 0.386. The molecule has 19 heavy (non-hydrogen) atoms. The fraction of sp³-hybridized carbons (Fsp3) is 0.250. The average Bonchev–Trinajstić information content (AvgIpc) is 2.36. The fourth-order valence-corrected chi connectivity index (χ4v) is 1.69. The van der Waals surface area contributed by atoms with Gasteiger partial charge >= 0.3 is 6.03 Å². The van der Waals surface area contributed by atoms with Crippen molar-refractivity contribution in [1.82, 2.24) is 10.2 Å². The minimum atomic E-state index is -0.738. The predicted octanol–water partition coefficient (Wildman–Crippen LogP) is 0.704. The van der Waals surface area contributed by atoms with Crippen molar-refractivity contribution in [3.8, 4) is 0 Å². The van der Waals surface area contributed by atoms with E-state index in [2.05, 4.69) is 10.6 Å². The molecule has 2 rings (SSSR count). The maximum absolute atomic E-state index is 12.7. The summed E-state index contributed by atoms with van der Waals surface area (Å²) in [6.45, 7) is 1.33. The number of hydrogen-bond donors (Lipinski definition) is 2. The molecular weight excluding hydrogens is 253 g/mol.